The van der Waals surface area contributed by atoms with Crippen LogP contribution in [0.2, 0.25) is 5.02 Å². The summed E-state index contributed by atoms with van der Waals surface area (Å²) in [6.45, 7) is 5.92. The van der Waals surface area contributed by atoms with Crippen LogP contribution in [0.15, 0.2) is 53.6 Å². The fraction of sp³-hybridized carbons (Fsp3) is 0.545. The third kappa shape index (κ3) is 11.9. The fourth-order valence-electron chi connectivity index (χ4n) is 4.86. The number of nitrogens with one attached hydrogen (secondary N) is 1. The summed E-state index contributed by atoms with van der Waals surface area (Å²) in [6.07, 6.45) is 16.0. The van der Waals surface area contributed by atoms with Crippen molar-refractivity contribution in [2.45, 2.75) is 104 Å². The van der Waals surface area contributed by atoms with Gasteiger partial charge >= 0.3 is 0 Å². The molecule has 1 N–H and O–H groups in total. The molecule has 6 heteroatoms. The summed E-state index contributed by atoms with van der Waals surface area (Å²) < 4.78 is 6.08. The second-order valence-electron chi connectivity index (χ2n) is 10.6. The third-order valence-corrected chi connectivity index (χ3v) is 8.50. The summed E-state index contributed by atoms with van der Waals surface area (Å²) >= 11 is 8.28. The average Bonchev–Trinajstić information content (AvgIpc) is 3.33. The molecule has 1 amide bonds. The second kappa shape index (κ2) is 18.3. The van der Waals surface area contributed by atoms with Gasteiger partial charge in [0.1, 0.15) is 5.75 Å². The molecule has 39 heavy (non-hydrogen) atoms. The number of ether oxygens (including phenoxy) is 1. The van der Waals surface area contributed by atoms with E-state index in [-0.39, 0.29) is 12.3 Å². The summed E-state index contributed by atoms with van der Waals surface area (Å²) in [6, 6.07) is 13.7. The number of halogens is 1. The molecular weight excluding hydrogens is 524 g/mol. The molecule has 0 aromatic heterocycles. The molecule has 3 rings (SSSR count). The van der Waals surface area contributed by atoms with Crippen molar-refractivity contribution in [3.63, 3.8) is 0 Å². The van der Waals surface area contributed by atoms with Gasteiger partial charge in [0, 0.05) is 23.5 Å². The first-order valence-corrected chi connectivity index (χ1v) is 16.3. The predicted octanol–water partition coefficient (Wildman–Crippen LogP) is 9.97. The Morgan fingerprint density at radius 1 is 0.923 bits per heavy atom. The molecule has 1 aliphatic rings. The van der Waals surface area contributed by atoms with Crippen LogP contribution in [0.1, 0.15) is 102 Å². The van der Waals surface area contributed by atoms with Crippen LogP contribution >= 0.6 is 23.4 Å². The van der Waals surface area contributed by atoms with E-state index in [9.17, 15) is 4.79 Å². The molecule has 214 valence electrons. The van der Waals surface area contributed by atoms with E-state index in [2.05, 4.69) is 41.6 Å². The molecule has 0 atom stereocenters. The number of nitrogens with zero attached hydrogens (tertiary/aromatic N) is 1. The monoisotopic (exact) mass is 570 g/mol. The molecule has 0 spiro atoms. The van der Waals surface area contributed by atoms with Crippen LogP contribution in [-0.4, -0.2) is 23.3 Å². The van der Waals surface area contributed by atoms with Crippen molar-refractivity contribution < 1.29 is 9.53 Å². The number of hydrogen-bond donors (Lipinski definition) is 1. The highest BCUT2D eigenvalue weighted by Gasteiger charge is 2.14. The van der Waals surface area contributed by atoms with E-state index in [0.717, 1.165) is 30.1 Å². The number of hydrogen-bond acceptors (Lipinski definition) is 4. The van der Waals surface area contributed by atoms with Crippen LogP contribution in [0.3, 0.4) is 0 Å². The number of para-hydroxylation sites is 1. The van der Waals surface area contributed by atoms with Crippen LogP contribution in [0, 0.1) is 0 Å². The number of carbonyl (C=O) groups is 1. The number of carbonyl (C=O) groups excluding carboxylic acids is 1. The van der Waals surface area contributed by atoms with Crippen molar-refractivity contribution in [2.24, 2.45) is 0 Å². The van der Waals surface area contributed by atoms with Crippen molar-refractivity contribution in [1.82, 2.24) is 4.90 Å². The van der Waals surface area contributed by atoms with Gasteiger partial charge in [-0.25, -0.2) is 0 Å². The molecule has 1 heterocycles. The summed E-state index contributed by atoms with van der Waals surface area (Å²) in [7, 11) is 0. The van der Waals surface area contributed by atoms with Gasteiger partial charge in [0.25, 0.3) is 0 Å². The maximum atomic E-state index is 12.8. The third-order valence-electron chi connectivity index (χ3n) is 7.24. The molecule has 0 radical (unpaired) electrons. The minimum Gasteiger partial charge on any atom is -0.492 e. The highest BCUT2D eigenvalue weighted by Crippen LogP contribution is 2.30. The van der Waals surface area contributed by atoms with Crippen LogP contribution in [-0.2, 0) is 17.8 Å². The lowest BCUT2D eigenvalue weighted by Crippen LogP contribution is -2.17. The Bertz CT molecular complexity index is 1020. The summed E-state index contributed by atoms with van der Waals surface area (Å²) in [4.78, 5) is 15.2. The Morgan fingerprint density at radius 2 is 1.56 bits per heavy atom. The van der Waals surface area contributed by atoms with E-state index in [1.54, 1.807) is 0 Å². The lowest BCUT2D eigenvalue weighted by Gasteiger charge is -2.19. The molecule has 0 fully saturated rings. The van der Waals surface area contributed by atoms with Gasteiger partial charge < -0.3 is 15.0 Å². The number of benzene rings is 2. The molecular formula is C33H47ClN2O2S. The smallest absolute Gasteiger partial charge is 0.228 e. The topological polar surface area (TPSA) is 41.6 Å². The van der Waals surface area contributed by atoms with Crippen LogP contribution in [0.25, 0.3) is 0 Å². The Morgan fingerprint density at radius 3 is 2.18 bits per heavy atom. The van der Waals surface area contributed by atoms with Gasteiger partial charge in [-0.1, -0.05) is 113 Å². The number of thioether (sulfide) groups is 1. The van der Waals surface area contributed by atoms with Gasteiger partial charge in [-0.3, -0.25) is 4.79 Å². The summed E-state index contributed by atoms with van der Waals surface area (Å²) in [5, 5.41) is 5.78. The first kappa shape index (κ1) is 31.4. The summed E-state index contributed by atoms with van der Waals surface area (Å²) in [5.41, 5.74) is 4.15. The molecule has 0 bridgehead atoms. The number of rotatable bonds is 19. The van der Waals surface area contributed by atoms with Gasteiger partial charge in [0.15, 0.2) is 0 Å². The zero-order chi connectivity index (χ0) is 27.7. The molecule has 0 saturated heterocycles. The van der Waals surface area contributed by atoms with Crippen molar-refractivity contribution in [3.8, 4) is 5.75 Å². The normalized spacial score (nSPS) is 13.0. The zero-order valence-corrected chi connectivity index (χ0v) is 25.6. The Hall–Kier alpha value is -2.11. The van der Waals surface area contributed by atoms with E-state index in [4.69, 9.17) is 16.3 Å². The molecule has 4 nitrogen and oxygen atoms in total. The molecule has 0 saturated carbocycles. The van der Waals surface area contributed by atoms with Crippen molar-refractivity contribution >= 4 is 35.0 Å². The van der Waals surface area contributed by atoms with Crippen LogP contribution in [0.4, 0.5) is 5.69 Å². The van der Waals surface area contributed by atoms with Crippen LogP contribution < -0.4 is 10.1 Å². The Balaban J connectivity index is 1.34. The highest BCUT2D eigenvalue weighted by atomic mass is 35.5. The average molecular weight is 571 g/mol. The Kier molecular flexibility index (Phi) is 14.7. The standard InChI is InChI=1S/C33H47ClN2O2S/c1-3-4-5-6-7-8-9-10-11-12-13-14-22-38-33-29(16-15-17-31(33)34)23-32(37)35-30-20-18-28(19-21-30)24-36-26-39-25-27(36)2/h15-21,25H,3-14,22-24,26H2,1-2H3,(H,35,37). The number of amides is 1. The van der Waals surface area contributed by atoms with Crippen molar-refractivity contribution in [3.05, 3.63) is 69.7 Å². The first-order chi connectivity index (χ1) is 19.1. The van der Waals surface area contributed by atoms with Gasteiger partial charge in [-0.2, -0.15) is 0 Å². The Labute approximate surface area is 245 Å². The quantitative estimate of drug-likeness (QED) is 0.171. The van der Waals surface area contributed by atoms with Crippen molar-refractivity contribution in [1.29, 1.82) is 0 Å². The van der Waals surface area contributed by atoms with Gasteiger partial charge in [-0.05, 0) is 42.5 Å². The SMILES string of the molecule is CCCCCCCCCCCCCCOc1c(Cl)cccc1CC(=O)Nc1ccc(CN2CSC=C2C)cc1. The lowest BCUT2D eigenvalue weighted by molar-refractivity contribution is -0.115. The fourth-order valence-corrected chi connectivity index (χ4v) is 6.05. The van der Waals surface area contributed by atoms with E-state index in [1.807, 2.05) is 42.1 Å². The second-order valence-corrected chi connectivity index (χ2v) is 11.9. The van der Waals surface area contributed by atoms with Crippen LogP contribution in [0.5, 0.6) is 5.75 Å². The number of unbranched alkanes of at least 4 members (excludes halogenated alkanes) is 11. The highest BCUT2D eigenvalue weighted by molar-refractivity contribution is 8.02. The molecule has 2 aromatic rings. The maximum Gasteiger partial charge on any atom is 0.228 e. The summed E-state index contributed by atoms with van der Waals surface area (Å²) in [5.74, 6) is 1.56. The number of anilines is 1. The van der Waals surface area contributed by atoms with Gasteiger partial charge in [-0.15, -0.1) is 11.8 Å². The van der Waals surface area contributed by atoms with E-state index in [0.29, 0.717) is 17.4 Å². The van der Waals surface area contributed by atoms with Crippen molar-refractivity contribution in [2.75, 3.05) is 17.8 Å². The maximum absolute atomic E-state index is 12.8. The lowest BCUT2D eigenvalue weighted by atomic mass is 10.1. The van der Waals surface area contributed by atoms with E-state index >= 15 is 0 Å². The molecule has 2 aromatic carbocycles. The predicted molar refractivity (Wildman–Crippen MR) is 169 cm³/mol. The molecule has 1 aliphatic heterocycles. The molecule has 0 unspecified atom stereocenters. The first-order valence-electron chi connectivity index (χ1n) is 14.9. The van der Waals surface area contributed by atoms with Gasteiger partial charge in [0.2, 0.25) is 5.91 Å². The zero-order valence-electron chi connectivity index (χ0n) is 24.0. The molecule has 0 aliphatic carbocycles. The minimum absolute atomic E-state index is 0.0741. The van der Waals surface area contributed by atoms with E-state index in [1.165, 1.54) is 81.9 Å². The van der Waals surface area contributed by atoms with E-state index < -0.39 is 0 Å². The largest absolute Gasteiger partial charge is 0.492 e. The number of allylic oxidation sites excluding steroid dienone is 1. The van der Waals surface area contributed by atoms with Gasteiger partial charge in [0.05, 0.1) is 23.9 Å². The minimum atomic E-state index is -0.0741.